The fraction of sp³-hybridized carbons (Fsp3) is 0.129. The van der Waals surface area contributed by atoms with E-state index in [2.05, 4.69) is 10.6 Å². The topological polar surface area (TPSA) is 75.3 Å². The zero-order chi connectivity index (χ0) is 25.5. The quantitative estimate of drug-likeness (QED) is 0.317. The first-order valence-corrected chi connectivity index (χ1v) is 11.8. The number of hydrogen-bond donors (Lipinski definition) is 2. The van der Waals surface area contributed by atoms with E-state index in [1.54, 1.807) is 24.3 Å². The molecule has 0 aliphatic rings. The van der Waals surface area contributed by atoms with Gasteiger partial charge >= 0.3 is 6.03 Å². The van der Waals surface area contributed by atoms with Crippen LogP contribution < -0.4 is 10.6 Å². The van der Waals surface area contributed by atoms with Gasteiger partial charge in [-0.2, -0.15) is 0 Å². The van der Waals surface area contributed by atoms with Crippen molar-refractivity contribution in [3.05, 3.63) is 142 Å². The number of aryl methyl sites for hydroxylation is 2. The molecule has 4 aromatic rings. The van der Waals surface area contributed by atoms with E-state index in [1.165, 1.54) is 0 Å². The van der Waals surface area contributed by atoms with Crippen molar-refractivity contribution >= 4 is 17.6 Å². The maximum atomic E-state index is 12.8. The highest BCUT2D eigenvalue weighted by Crippen LogP contribution is 2.16. The summed E-state index contributed by atoms with van der Waals surface area (Å²) in [5.41, 5.74) is 6.02. The molecule has 0 aliphatic heterocycles. The second kappa shape index (κ2) is 11.3. The molecule has 180 valence electrons. The van der Waals surface area contributed by atoms with Crippen molar-refractivity contribution in [2.45, 2.75) is 26.9 Å². The molecule has 0 saturated heterocycles. The van der Waals surface area contributed by atoms with E-state index in [-0.39, 0.29) is 30.7 Å². The molecule has 0 bridgehead atoms. The van der Waals surface area contributed by atoms with E-state index < -0.39 is 0 Å². The molecular formula is C31H28N2O3. The molecule has 2 amide bonds. The van der Waals surface area contributed by atoms with Crippen molar-refractivity contribution in [2.24, 2.45) is 0 Å². The number of carbonyl (C=O) groups is 3. The van der Waals surface area contributed by atoms with Gasteiger partial charge in [0.15, 0.2) is 11.6 Å². The molecular weight excluding hydrogens is 448 g/mol. The van der Waals surface area contributed by atoms with Gasteiger partial charge in [-0.25, -0.2) is 4.79 Å². The minimum absolute atomic E-state index is 0.0506. The van der Waals surface area contributed by atoms with Gasteiger partial charge < -0.3 is 10.6 Å². The molecule has 2 N–H and O–H groups in total. The van der Waals surface area contributed by atoms with Crippen molar-refractivity contribution in [3.63, 3.8) is 0 Å². The van der Waals surface area contributed by atoms with Crippen LogP contribution in [0.3, 0.4) is 0 Å². The summed E-state index contributed by atoms with van der Waals surface area (Å²) in [5, 5.41) is 5.70. The molecule has 0 heterocycles. The van der Waals surface area contributed by atoms with Crippen molar-refractivity contribution < 1.29 is 14.4 Å². The van der Waals surface area contributed by atoms with Gasteiger partial charge in [0.2, 0.25) is 0 Å². The molecule has 0 unspecified atom stereocenters. The molecule has 0 aromatic heterocycles. The van der Waals surface area contributed by atoms with Crippen molar-refractivity contribution in [3.8, 4) is 0 Å². The number of rotatable bonds is 8. The Hall–Kier alpha value is -4.51. The van der Waals surface area contributed by atoms with Crippen LogP contribution in [-0.2, 0) is 13.1 Å². The van der Waals surface area contributed by atoms with Crippen molar-refractivity contribution in [2.75, 3.05) is 0 Å². The first-order chi connectivity index (χ1) is 17.4. The SMILES string of the molecule is Cc1cc(CNC(=O)NCc2cc(C)cc(C(=O)c3ccccc3)c2)cc(C(=O)c2ccccc2)c1. The van der Waals surface area contributed by atoms with Crippen LogP contribution in [0.2, 0.25) is 0 Å². The predicted octanol–water partition coefficient (Wildman–Crippen LogP) is 5.76. The Morgan fingerprint density at radius 3 is 1.31 bits per heavy atom. The third-order valence-corrected chi connectivity index (χ3v) is 5.78. The Morgan fingerprint density at radius 1 is 0.528 bits per heavy atom. The average Bonchev–Trinajstić information content (AvgIpc) is 2.90. The van der Waals surface area contributed by atoms with Gasteiger partial charge in [0.05, 0.1) is 0 Å². The largest absolute Gasteiger partial charge is 0.334 e. The first kappa shape index (κ1) is 24.6. The van der Waals surface area contributed by atoms with Crippen LogP contribution in [0.25, 0.3) is 0 Å². The molecule has 0 aliphatic carbocycles. The minimum atomic E-state index is -0.329. The van der Waals surface area contributed by atoms with Gasteiger partial charge in [-0.1, -0.05) is 83.9 Å². The third kappa shape index (κ3) is 6.33. The summed E-state index contributed by atoms with van der Waals surface area (Å²) in [6.45, 7) is 4.43. The lowest BCUT2D eigenvalue weighted by Crippen LogP contribution is -2.34. The van der Waals surface area contributed by atoms with E-state index in [4.69, 9.17) is 0 Å². The monoisotopic (exact) mass is 476 g/mol. The molecule has 4 rings (SSSR count). The minimum Gasteiger partial charge on any atom is -0.334 e. The van der Waals surface area contributed by atoms with Crippen LogP contribution in [0.1, 0.15) is 54.1 Å². The molecule has 5 heteroatoms. The van der Waals surface area contributed by atoms with E-state index in [0.29, 0.717) is 22.3 Å². The molecule has 0 spiro atoms. The van der Waals surface area contributed by atoms with E-state index in [0.717, 1.165) is 22.3 Å². The van der Waals surface area contributed by atoms with Gasteiger partial charge in [-0.3, -0.25) is 9.59 Å². The smallest absolute Gasteiger partial charge is 0.315 e. The number of carbonyl (C=O) groups excluding carboxylic acids is 3. The second-order valence-electron chi connectivity index (χ2n) is 8.84. The Kier molecular flexibility index (Phi) is 7.71. The number of hydrogen-bond acceptors (Lipinski definition) is 3. The van der Waals surface area contributed by atoms with E-state index in [9.17, 15) is 14.4 Å². The maximum absolute atomic E-state index is 12.8. The van der Waals surface area contributed by atoms with Crippen LogP contribution in [0.4, 0.5) is 4.79 Å². The zero-order valence-corrected chi connectivity index (χ0v) is 20.4. The van der Waals surface area contributed by atoms with E-state index >= 15 is 0 Å². The molecule has 0 fully saturated rings. The van der Waals surface area contributed by atoms with Gasteiger partial charge in [0.1, 0.15) is 0 Å². The summed E-state index contributed by atoms with van der Waals surface area (Å²) in [5.74, 6) is -0.101. The second-order valence-corrected chi connectivity index (χ2v) is 8.84. The van der Waals surface area contributed by atoms with Crippen LogP contribution >= 0.6 is 0 Å². The molecule has 0 saturated carbocycles. The number of nitrogens with one attached hydrogen (secondary N) is 2. The van der Waals surface area contributed by atoms with Gasteiger partial charge in [-0.05, 0) is 49.2 Å². The summed E-state index contributed by atoms with van der Waals surface area (Å²) in [6.07, 6.45) is 0. The lowest BCUT2D eigenvalue weighted by molar-refractivity contribution is 0.103. The van der Waals surface area contributed by atoms with Crippen LogP contribution in [0, 0.1) is 13.8 Å². The molecule has 0 atom stereocenters. The predicted molar refractivity (Wildman–Crippen MR) is 141 cm³/mol. The van der Waals surface area contributed by atoms with Crippen LogP contribution in [0.5, 0.6) is 0 Å². The number of amides is 2. The summed E-state index contributed by atoms with van der Waals surface area (Å²) >= 11 is 0. The highest BCUT2D eigenvalue weighted by Gasteiger charge is 2.12. The zero-order valence-electron chi connectivity index (χ0n) is 20.4. The van der Waals surface area contributed by atoms with E-state index in [1.807, 2.05) is 86.6 Å². The summed E-state index contributed by atoms with van der Waals surface area (Å²) in [6, 6.07) is 29.2. The first-order valence-electron chi connectivity index (χ1n) is 11.8. The fourth-order valence-electron chi connectivity index (χ4n) is 4.13. The van der Waals surface area contributed by atoms with Gasteiger partial charge in [0.25, 0.3) is 0 Å². The Balaban J connectivity index is 1.37. The Labute approximate surface area is 211 Å². The number of urea groups is 1. The standard InChI is InChI=1S/C31H28N2O3/c1-21-13-23(17-27(15-21)29(34)25-9-5-3-6-10-25)19-32-31(36)33-20-24-14-22(2)16-28(18-24)30(35)26-11-7-4-8-12-26/h3-18H,19-20H2,1-2H3,(H2,32,33,36). The lowest BCUT2D eigenvalue weighted by Gasteiger charge is -2.11. The molecule has 4 aromatic carbocycles. The third-order valence-electron chi connectivity index (χ3n) is 5.78. The number of benzene rings is 4. The van der Waals surface area contributed by atoms with Gasteiger partial charge in [0, 0.05) is 35.3 Å². The summed E-state index contributed by atoms with van der Waals surface area (Å²) in [4.78, 5) is 38.1. The van der Waals surface area contributed by atoms with Gasteiger partial charge in [-0.15, -0.1) is 0 Å². The lowest BCUT2D eigenvalue weighted by atomic mass is 9.99. The maximum Gasteiger partial charge on any atom is 0.315 e. The number of ketones is 2. The highest BCUT2D eigenvalue weighted by molar-refractivity contribution is 6.09. The fourth-order valence-corrected chi connectivity index (χ4v) is 4.13. The van der Waals surface area contributed by atoms with Crippen LogP contribution in [-0.4, -0.2) is 17.6 Å². The van der Waals surface area contributed by atoms with Crippen molar-refractivity contribution in [1.82, 2.24) is 10.6 Å². The highest BCUT2D eigenvalue weighted by atomic mass is 16.2. The molecule has 5 nitrogen and oxygen atoms in total. The normalized spacial score (nSPS) is 10.5. The summed E-state index contributed by atoms with van der Waals surface area (Å²) in [7, 11) is 0. The average molecular weight is 477 g/mol. The van der Waals surface area contributed by atoms with Crippen LogP contribution in [0.15, 0.2) is 97.1 Å². The molecule has 0 radical (unpaired) electrons. The summed E-state index contributed by atoms with van der Waals surface area (Å²) < 4.78 is 0. The van der Waals surface area contributed by atoms with Crippen molar-refractivity contribution in [1.29, 1.82) is 0 Å². The molecule has 36 heavy (non-hydrogen) atoms. The Bertz CT molecular complexity index is 1290. The Morgan fingerprint density at radius 2 is 0.917 bits per heavy atom.